The molecule has 0 fully saturated rings. The van der Waals surface area contributed by atoms with Crippen molar-refractivity contribution in [2.24, 2.45) is 0 Å². The molecule has 1 aromatic rings. The average Bonchev–Trinajstić information content (AvgIpc) is 2.30. The number of aliphatic hydroxyl groups excluding tert-OH is 1. The minimum absolute atomic E-state index is 0.0113. The molecule has 0 saturated carbocycles. The Labute approximate surface area is 110 Å². The zero-order valence-electron chi connectivity index (χ0n) is 10.3. The predicted octanol–water partition coefficient (Wildman–Crippen LogP) is 2.06. The lowest BCUT2D eigenvalue weighted by molar-refractivity contribution is 0.243. The highest BCUT2D eigenvalue weighted by atomic mass is 32.2. The summed E-state index contributed by atoms with van der Waals surface area (Å²) < 4.78 is 12.9. The van der Waals surface area contributed by atoms with Crippen LogP contribution in [0.25, 0.3) is 0 Å². The number of aliphatic hydroxyl groups is 1. The van der Waals surface area contributed by atoms with E-state index in [9.17, 15) is 9.18 Å². The molecule has 0 saturated heterocycles. The molecule has 0 aliphatic rings. The maximum Gasteiger partial charge on any atom is 0.319 e. The Balaban J connectivity index is 2.51. The summed E-state index contributed by atoms with van der Waals surface area (Å²) in [5, 5.41) is 14.3. The highest BCUT2D eigenvalue weighted by Gasteiger charge is 2.17. The molecule has 0 bridgehead atoms. The van der Waals surface area contributed by atoms with Crippen molar-refractivity contribution < 1.29 is 14.3 Å². The van der Waals surface area contributed by atoms with Gasteiger partial charge in [0.25, 0.3) is 0 Å². The Morgan fingerprint density at radius 2 is 2.28 bits per heavy atom. The first kappa shape index (κ1) is 14.8. The number of halogens is 1. The molecule has 2 unspecified atom stereocenters. The van der Waals surface area contributed by atoms with Crippen LogP contribution in [0.5, 0.6) is 0 Å². The predicted molar refractivity (Wildman–Crippen MR) is 72.4 cm³/mol. The van der Waals surface area contributed by atoms with Crippen LogP contribution in [0.15, 0.2) is 24.3 Å². The fourth-order valence-electron chi connectivity index (χ4n) is 1.47. The van der Waals surface area contributed by atoms with Gasteiger partial charge in [-0.3, -0.25) is 0 Å². The van der Waals surface area contributed by atoms with Crippen LogP contribution in [0.4, 0.5) is 14.9 Å². The molecule has 1 aromatic carbocycles. The van der Waals surface area contributed by atoms with Crippen molar-refractivity contribution in [2.75, 3.05) is 18.2 Å². The second-order valence-electron chi connectivity index (χ2n) is 3.85. The third-order valence-corrected chi connectivity index (χ3v) is 3.64. The number of rotatable bonds is 5. The number of benzene rings is 1. The molecule has 0 aliphatic heterocycles. The summed E-state index contributed by atoms with van der Waals surface area (Å²) in [5.41, 5.74) is 0.393. The summed E-state index contributed by atoms with van der Waals surface area (Å²) in [6, 6.07) is 5.07. The van der Waals surface area contributed by atoms with Crippen LogP contribution >= 0.6 is 11.8 Å². The zero-order chi connectivity index (χ0) is 13.5. The van der Waals surface area contributed by atoms with Gasteiger partial charge in [0.1, 0.15) is 5.82 Å². The lowest BCUT2D eigenvalue weighted by atomic mass is 10.2. The van der Waals surface area contributed by atoms with Gasteiger partial charge in [-0.25, -0.2) is 9.18 Å². The second kappa shape index (κ2) is 7.23. The van der Waals surface area contributed by atoms with Crippen molar-refractivity contribution in [1.82, 2.24) is 5.32 Å². The summed E-state index contributed by atoms with van der Waals surface area (Å²) >= 11 is 1.48. The standard InChI is InChI=1S/C12H17FN2O2S/c1-8(11(7-16)18-2)14-12(17)15-10-5-3-4-9(13)6-10/h3-6,8,11,16H,7H2,1-2H3,(H2,14,15,17). The molecule has 4 nitrogen and oxygen atoms in total. The Morgan fingerprint density at radius 3 is 2.83 bits per heavy atom. The summed E-state index contributed by atoms with van der Waals surface area (Å²) in [6.07, 6.45) is 1.86. The van der Waals surface area contributed by atoms with Crippen LogP contribution in [-0.4, -0.2) is 35.3 Å². The molecule has 0 heterocycles. The molecule has 3 N–H and O–H groups in total. The van der Waals surface area contributed by atoms with Crippen molar-refractivity contribution in [1.29, 1.82) is 0 Å². The van der Waals surface area contributed by atoms with Gasteiger partial charge in [0, 0.05) is 17.0 Å². The molecule has 2 atom stereocenters. The quantitative estimate of drug-likeness (QED) is 0.769. The Morgan fingerprint density at radius 1 is 1.56 bits per heavy atom. The van der Waals surface area contributed by atoms with Gasteiger partial charge in [-0.1, -0.05) is 6.07 Å². The molecular weight excluding hydrogens is 255 g/mol. The van der Waals surface area contributed by atoms with Crippen LogP contribution < -0.4 is 10.6 Å². The number of carbonyl (C=O) groups excluding carboxylic acids is 1. The highest BCUT2D eigenvalue weighted by Crippen LogP contribution is 2.11. The van der Waals surface area contributed by atoms with Crippen LogP contribution in [0, 0.1) is 5.82 Å². The fourth-order valence-corrected chi connectivity index (χ4v) is 2.10. The molecule has 18 heavy (non-hydrogen) atoms. The molecule has 2 amide bonds. The molecule has 0 aliphatic carbocycles. The van der Waals surface area contributed by atoms with E-state index in [0.717, 1.165) is 0 Å². The minimum Gasteiger partial charge on any atom is -0.395 e. The second-order valence-corrected chi connectivity index (χ2v) is 4.93. The smallest absolute Gasteiger partial charge is 0.319 e. The molecule has 0 radical (unpaired) electrons. The van der Waals surface area contributed by atoms with Gasteiger partial charge >= 0.3 is 6.03 Å². The first-order chi connectivity index (χ1) is 8.56. The Kier molecular flexibility index (Phi) is 5.94. The number of nitrogens with one attached hydrogen (secondary N) is 2. The monoisotopic (exact) mass is 272 g/mol. The fraction of sp³-hybridized carbons (Fsp3) is 0.417. The van der Waals surface area contributed by atoms with E-state index in [2.05, 4.69) is 10.6 Å². The topological polar surface area (TPSA) is 61.4 Å². The summed E-state index contributed by atoms with van der Waals surface area (Å²) in [4.78, 5) is 11.6. The number of urea groups is 1. The van der Waals surface area contributed by atoms with Crippen molar-refractivity contribution >= 4 is 23.5 Å². The van der Waals surface area contributed by atoms with Gasteiger partial charge in [-0.05, 0) is 31.4 Å². The van der Waals surface area contributed by atoms with Gasteiger partial charge in [-0.2, -0.15) is 11.8 Å². The molecule has 100 valence electrons. The lowest BCUT2D eigenvalue weighted by Crippen LogP contribution is -2.43. The summed E-state index contributed by atoms with van der Waals surface area (Å²) in [5.74, 6) is -0.404. The largest absolute Gasteiger partial charge is 0.395 e. The van der Waals surface area contributed by atoms with E-state index in [1.165, 1.54) is 30.0 Å². The van der Waals surface area contributed by atoms with Gasteiger partial charge in [0.15, 0.2) is 0 Å². The molecule has 0 spiro atoms. The third kappa shape index (κ3) is 4.54. The van der Waals surface area contributed by atoms with E-state index in [1.54, 1.807) is 6.07 Å². The number of hydrogen-bond acceptors (Lipinski definition) is 3. The number of anilines is 1. The van der Waals surface area contributed by atoms with Crippen molar-refractivity contribution in [2.45, 2.75) is 18.2 Å². The van der Waals surface area contributed by atoms with Gasteiger partial charge in [-0.15, -0.1) is 0 Å². The van der Waals surface area contributed by atoms with E-state index >= 15 is 0 Å². The van der Waals surface area contributed by atoms with Crippen LogP contribution in [-0.2, 0) is 0 Å². The number of amides is 2. The van der Waals surface area contributed by atoms with Crippen molar-refractivity contribution in [3.63, 3.8) is 0 Å². The maximum absolute atomic E-state index is 12.9. The number of thioether (sulfide) groups is 1. The molecule has 1 rings (SSSR count). The highest BCUT2D eigenvalue weighted by molar-refractivity contribution is 7.99. The van der Waals surface area contributed by atoms with Gasteiger partial charge in [0.05, 0.1) is 6.61 Å². The zero-order valence-corrected chi connectivity index (χ0v) is 11.1. The third-order valence-electron chi connectivity index (χ3n) is 2.48. The van der Waals surface area contributed by atoms with E-state index in [1.807, 2.05) is 13.2 Å². The minimum atomic E-state index is -0.416. The Hall–Kier alpha value is -1.27. The number of carbonyl (C=O) groups is 1. The van der Waals surface area contributed by atoms with Crippen LogP contribution in [0.3, 0.4) is 0 Å². The van der Waals surface area contributed by atoms with Crippen molar-refractivity contribution in [3.05, 3.63) is 30.1 Å². The molecular formula is C12H17FN2O2S. The first-order valence-electron chi connectivity index (χ1n) is 5.53. The van der Waals surface area contributed by atoms with Gasteiger partial charge in [0.2, 0.25) is 0 Å². The van der Waals surface area contributed by atoms with E-state index in [-0.39, 0.29) is 17.9 Å². The van der Waals surface area contributed by atoms with Crippen LogP contribution in [0.2, 0.25) is 0 Å². The molecule has 6 heteroatoms. The number of hydrogen-bond donors (Lipinski definition) is 3. The molecule has 0 aromatic heterocycles. The average molecular weight is 272 g/mol. The summed E-state index contributed by atoms with van der Waals surface area (Å²) in [7, 11) is 0. The van der Waals surface area contributed by atoms with E-state index < -0.39 is 11.8 Å². The first-order valence-corrected chi connectivity index (χ1v) is 6.82. The normalized spacial score (nSPS) is 13.8. The summed E-state index contributed by atoms with van der Waals surface area (Å²) in [6.45, 7) is 1.80. The van der Waals surface area contributed by atoms with E-state index in [4.69, 9.17) is 5.11 Å². The SMILES string of the molecule is CSC(CO)C(C)NC(=O)Nc1cccc(F)c1. The van der Waals surface area contributed by atoms with Crippen molar-refractivity contribution in [3.8, 4) is 0 Å². The lowest BCUT2D eigenvalue weighted by Gasteiger charge is -2.21. The Bertz CT molecular complexity index is 399. The maximum atomic E-state index is 12.9. The van der Waals surface area contributed by atoms with E-state index in [0.29, 0.717) is 5.69 Å². The van der Waals surface area contributed by atoms with Crippen LogP contribution in [0.1, 0.15) is 6.92 Å². The van der Waals surface area contributed by atoms with Gasteiger partial charge < -0.3 is 15.7 Å².